The van der Waals surface area contributed by atoms with Gasteiger partial charge in [0.1, 0.15) is 0 Å². The van der Waals surface area contributed by atoms with Gasteiger partial charge in [0.2, 0.25) is 0 Å². The van der Waals surface area contributed by atoms with Crippen LogP contribution >= 0.6 is 0 Å². The first-order chi connectivity index (χ1) is 5.22. The summed E-state index contributed by atoms with van der Waals surface area (Å²) in [6.07, 6.45) is 1.47. The Hall–Kier alpha value is -0.610. The van der Waals surface area contributed by atoms with E-state index >= 15 is 0 Å². The Morgan fingerprint density at radius 2 is 2.36 bits per heavy atom. The van der Waals surface area contributed by atoms with Crippen molar-refractivity contribution >= 4 is 5.91 Å². The SMILES string of the molecule is CCCCNC(OC)C(N)=O. The number of unbranched alkanes of at least 4 members (excludes halogenated alkanes) is 1. The third-order valence-corrected chi connectivity index (χ3v) is 1.35. The lowest BCUT2D eigenvalue weighted by molar-refractivity contribution is -0.129. The number of carbonyl (C=O) groups excluding carboxylic acids is 1. The molecule has 0 saturated carbocycles. The maximum atomic E-state index is 10.6. The summed E-state index contributed by atoms with van der Waals surface area (Å²) in [4.78, 5) is 10.6. The third-order valence-electron chi connectivity index (χ3n) is 1.35. The smallest absolute Gasteiger partial charge is 0.261 e. The fourth-order valence-corrected chi connectivity index (χ4v) is 0.710. The lowest BCUT2D eigenvalue weighted by atomic mass is 10.3. The van der Waals surface area contributed by atoms with Gasteiger partial charge in [0, 0.05) is 7.11 Å². The summed E-state index contributed by atoms with van der Waals surface area (Å²) in [7, 11) is 1.45. The highest BCUT2D eigenvalue weighted by atomic mass is 16.5. The molecule has 0 aromatic heterocycles. The quantitative estimate of drug-likeness (QED) is 0.419. The number of rotatable bonds is 6. The Labute approximate surface area is 67.1 Å². The monoisotopic (exact) mass is 160 g/mol. The minimum absolute atomic E-state index is 0.469. The molecule has 1 unspecified atom stereocenters. The molecule has 0 radical (unpaired) electrons. The number of hydrogen-bond donors (Lipinski definition) is 2. The van der Waals surface area contributed by atoms with Crippen LogP contribution in [0.5, 0.6) is 0 Å². The summed E-state index contributed by atoms with van der Waals surface area (Å²) >= 11 is 0. The van der Waals surface area contributed by atoms with Crippen LogP contribution in [0.4, 0.5) is 0 Å². The molecule has 0 rings (SSSR count). The Morgan fingerprint density at radius 1 is 1.73 bits per heavy atom. The first kappa shape index (κ1) is 10.4. The van der Waals surface area contributed by atoms with E-state index in [1.807, 2.05) is 0 Å². The van der Waals surface area contributed by atoms with Gasteiger partial charge in [0.05, 0.1) is 0 Å². The second-order valence-corrected chi connectivity index (χ2v) is 2.33. The van der Waals surface area contributed by atoms with Crippen molar-refractivity contribution in [1.29, 1.82) is 0 Å². The van der Waals surface area contributed by atoms with Crippen molar-refractivity contribution in [1.82, 2.24) is 5.32 Å². The number of amides is 1. The summed E-state index contributed by atoms with van der Waals surface area (Å²) in [5, 5.41) is 2.87. The zero-order valence-corrected chi connectivity index (χ0v) is 7.09. The summed E-state index contributed by atoms with van der Waals surface area (Å²) in [6.45, 7) is 2.84. The molecule has 3 N–H and O–H groups in total. The largest absolute Gasteiger partial charge is 0.366 e. The molecular weight excluding hydrogens is 144 g/mol. The van der Waals surface area contributed by atoms with Crippen LogP contribution in [0.2, 0.25) is 0 Å². The van der Waals surface area contributed by atoms with E-state index in [1.54, 1.807) is 0 Å². The van der Waals surface area contributed by atoms with Gasteiger partial charge in [0.25, 0.3) is 5.91 Å². The van der Waals surface area contributed by atoms with Gasteiger partial charge in [-0.05, 0) is 13.0 Å². The predicted molar refractivity (Wildman–Crippen MR) is 42.9 cm³/mol. The van der Waals surface area contributed by atoms with E-state index in [9.17, 15) is 4.79 Å². The van der Waals surface area contributed by atoms with Gasteiger partial charge in [-0.1, -0.05) is 13.3 Å². The number of hydrogen-bond acceptors (Lipinski definition) is 3. The van der Waals surface area contributed by atoms with Crippen molar-refractivity contribution in [2.75, 3.05) is 13.7 Å². The van der Waals surface area contributed by atoms with E-state index in [0.29, 0.717) is 0 Å². The van der Waals surface area contributed by atoms with Gasteiger partial charge in [-0.15, -0.1) is 0 Å². The van der Waals surface area contributed by atoms with Crippen molar-refractivity contribution in [3.63, 3.8) is 0 Å². The first-order valence-electron chi connectivity index (χ1n) is 3.77. The maximum Gasteiger partial charge on any atom is 0.261 e. The van der Waals surface area contributed by atoms with Crippen molar-refractivity contribution < 1.29 is 9.53 Å². The van der Waals surface area contributed by atoms with Gasteiger partial charge in [0.15, 0.2) is 6.23 Å². The molecule has 0 aliphatic heterocycles. The molecular formula is C7H16N2O2. The van der Waals surface area contributed by atoms with Crippen LogP contribution in [0.25, 0.3) is 0 Å². The van der Waals surface area contributed by atoms with Crippen LogP contribution in [-0.4, -0.2) is 25.8 Å². The molecule has 4 heteroatoms. The molecule has 0 saturated heterocycles. The van der Waals surface area contributed by atoms with Gasteiger partial charge in [-0.25, -0.2) is 0 Å². The van der Waals surface area contributed by atoms with Crippen LogP contribution in [0.1, 0.15) is 19.8 Å². The lowest BCUT2D eigenvalue weighted by Crippen LogP contribution is -2.42. The minimum atomic E-state index is -0.637. The van der Waals surface area contributed by atoms with E-state index < -0.39 is 12.1 Å². The van der Waals surface area contributed by atoms with Gasteiger partial charge in [-0.3, -0.25) is 10.1 Å². The van der Waals surface area contributed by atoms with Crippen LogP contribution < -0.4 is 11.1 Å². The molecule has 0 bridgehead atoms. The molecule has 4 nitrogen and oxygen atoms in total. The van der Waals surface area contributed by atoms with E-state index in [0.717, 1.165) is 19.4 Å². The van der Waals surface area contributed by atoms with E-state index in [2.05, 4.69) is 12.2 Å². The number of methoxy groups -OCH3 is 1. The minimum Gasteiger partial charge on any atom is -0.366 e. The molecule has 1 amide bonds. The fraction of sp³-hybridized carbons (Fsp3) is 0.857. The van der Waals surface area contributed by atoms with Crippen LogP contribution in [0.15, 0.2) is 0 Å². The van der Waals surface area contributed by atoms with E-state index in [4.69, 9.17) is 10.5 Å². The van der Waals surface area contributed by atoms with Crippen molar-refractivity contribution in [3.8, 4) is 0 Å². The van der Waals surface area contributed by atoms with Gasteiger partial charge < -0.3 is 10.5 Å². The zero-order chi connectivity index (χ0) is 8.69. The number of nitrogens with two attached hydrogens (primary N) is 1. The molecule has 1 atom stereocenters. The molecule has 11 heavy (non-hydrogen) atoms. The lowest BCUT2D eigenvalue weighted by Gasteiger charge is -2.12. The number of nitrogens with one attached hydrogen (secondary N) is 1. The van der Waals surface area contributed by atoms with Gasteiger partial charge in [-0.2, -0.15) is 0 Å². The van der Waals surface area contributed by atoms with Crippen LogP contribution in [-0.2, 0) is 9.53 Å². The molecule has 0 aliphatic rings. The van der Waals surface area contributed by atoms with E-state index in [1.165, 1.54) is 7.11 Å². The number of carbonyl (C=O) groups is 1. The molecule has 0 heterocycles. The van der Waals surface area contributed by atoms with Crippen LogP contribution in [0, 0.1) is 0 Å². The molecule has 0 fully saturated rings. The maximum absolute atomic E-state index is 10.6. The standard InChI is InChI=1S/C7H16N2O2/c1-3-4-5-9-7(11-2)6(8)10/h7,9H,3-5H2,1-2H3,(H2,8,10). The summed E-state index contributed by atoms with van der Waals surface area (Å²) in [6, 6.07) is 0. The normalized spacial score (nSPS) is 12.9. The molecule has 66 valence electrons. The highest BCUT2D eigenvalue weighted by Gasteiger charge is 2.11. The zero-order valence-electron chi connectivity index (χ0n) is 7.09. The highest BCUT2D eigenvalue weighted by molar-refractivity contribution is 5.78. The van der Waals surface area contributed by atoms with Crippen LogP contribution in [0.3, 0.4) is 0 Å². The average Bonchev–Trinajstić information content (AvgIpc) is 1.97. The topological polar surface area (TPSA) is 64.3 Å². The Balaban J connectivity index is 3.44. The molecule has 0 aliphatic carbocycles. The van der Waals surface area contributed by atoms with Crippen molar-refractivity contribution in [3.05, 3.63) is 0 Å². The predicted octanol–water partition coefficient (Wildman–Crippen LogP) is -0.166. The Bertz CT molecular complexity index is 117. The highest BCUT2D eigenvalue weighted by Crippen LogP contribution is 1.86. The summed E-state index contributed by atoms with van der Waals surface area (Å²) < 4.78 is 4.77. The van der Waals surface area contributed by atoms with Crippen molar-refractivity contribution in [2.24, 2.45) is 5.73 Å². The fourth-order valence-electron chi connectivity index (χ4n) is 0.710. The number of ether oxygens (including phenoxy) is 1. The summed E-state index contributed by atoms with van der Waals surface area (Å²) in [5.74, 6) is -0.469. The third kappa shape index (κ3) is 4.75. The average molecular weight is 160 g/mol. The molecule has 0 aromatic rings. The first-order valence-corrected chi connectivity index (χ1v) is 3.77. The second-order valence-electron chi connectivity index (χ2n) is 2.33. The summed E-state index contributed by atoms with van der Waals surface area (Å²) in [5.41, 5.74) is 5.00. The Kier molecular flexibility index (Phi) is 5.78. The second kappa shape index (κ2) is 6.12. The number of primary amides is 1. The molecule has 0 aromatic carbocycles. The van der Waals surface area contributed by atoms with Gasteiger partial charge >= 0.3 is 0 Å². The van der Waals surface area contributed by atoms with Crippen molar-refractivity contribution in [2.45, 2.75) is 26.0 Å². The Morgan fingerprint density at radius 3 is 2.73 bits per heavy atom. The van der Waals surface area contributed by atoms with E-state index in [-0.39, 0.29) is 0 Å². The molecule has 0 spiro atoms.